The van der Waals surface area contributed by atoms with Crippen LogP contribution in [0.2, 0.25) is 0 Å². The van der Waals surface area contributed by atoms with Gasteiger partial charge in [-0.3, -0.25) is 4.79 Å². The average Bonchev–Trinajstić information content (AvgIpc) is 2.13. The van der Waals surface area contributed by atoms with Crippen molar-refractivity contribution in [3.05, 3.63) is 0 Å². The van der Waals surface area contributed by atoms with Crippen LogP contribution in [-0.4, -0.2) is 35.1 Å². The fraction of sp³-hybridized carbons (Fsp3) is 0.909. The molecule has 2 rings (SSSR count). The lowest BCUT2D eigenvalue weighted by Crippen LogP contribution is -2.46. The van der Waals surface area contributed by atoms with Crippen LogP contribution in [0.5, 0.6) is 0 Å². The molecule has 1 aliphatic carbocycles. The molecule has 0 bridgehead atoms. The normalized spacial score (nSPS) is 34.0. The highest BCUT2D eigenvalue weighted by molar-refractivity contribution is 5.79. The average molecular weight is 197 g/mol. The molecule has 0 aromatic rings. The Balaban J connectivity index is 1.81. The number of nitrogens with zero attached hydrogens (tertiary/aromatic N) is 1. The van der Waals surface area contributed by atoms with Crippen LogP contribution >= 0.6 is 0 Å². The zero-order valence-corrected chi connectivity index (χ0v) is 8.78. The number of hydrogen-bond acceptors (Lipinski definition) is 2. The van der Waals surface area contributed by atoms with Gasteiger partial charge in [0.25, 0.3) is 0 Å². The second-order valence-electron chi connectivity index (χ2n) is 4.83. The van der Waals surface area contributed by atoms with Crippen molar-refractivity contribution in [2.45, 2.75) is 38.7 Å². The Morgan fingerprint density at radius 3 is 2.36 bits per heavy atom. The van der Waals surface area contributed by atoms with Crippen molar-refractivity contribution in [1.29, 1.82) is 0 Å². The molecule has 1 saturated heterocycles. The van der Waals surface area contributed by atoms with Crippen molar-refractivity contribution < 1.29 is 9.90 Å². The van der Waals surface area contributed by atoms with Gasteiger partial charge in [-0.2, -0.15) is 0 Å². The monoisotopic (exact) mass is 197 g/mol. The van der Waals surface area contributed by atoms with E-state index < -0.39 is 0 Å². The lowest BCUT2D eigenvalue weighted by atomic mass is 9.81. The van der Waals surface area contributed by atoms with Gasteiger partial charge in [-0.15, -0.1) is 0 Å². The minimum Gasteiger partial charge on any atom is -0.393 e. The van der Waals surface area contributed by atoms with Gasteiger partial charge in [0, 0.05) is 19.0 Å². The highest BCUT2D eigenvalue weighted by Gasteiger charge is 2.36. The first kappa shape index (κ1) is 9.97. The van der Waals surface area contributed by atoms with Gasteiger partial charge < -0.3 is 10.0 Å². The minimum atomic E-state index is -0.215. The van der Waals surface area contributed by atoms with Crippen LogP contribution in [0.3, 0.4) is 0 Å². The van der Waals surface area contributed by atoms with Crippen LogP contribution < -0.4 is 0 Å². The van der Waals surface area contributed by atoms with Crippen molar-refractivity contribution in [3.8, 4) is 0 Å². The van der Waals surface area contributed by atoms with E-state index in [0.717, 1.165) is 31.8 Å². The molecule has 0 unspecified atom stereocenters. The highest BCUT2D eigenvalue weighted by atomic mass is 16.3. The van der Waals surface area contributed by atoms with Crippen LogP contribution in [0.15, 0.2) is 0 Å². The van der Waals surface area contributed by atoms with Crippen molar-refractivity contribution in [1.82, 2.24) is 4.90 Å². The number of carbonyl (C=O) groups is 1. The van der Waals surface area contributed by atoms with Crippen LogP contribution in [0.25, 0.3) is 0 Å². The van der Waals surface area contributed by atoms with Crippen molar-refractivity contribution in [2.75, 3.05) is 13.1 Å². The standard InChI is InChI=1S/C11H19NO2/c1-8-2-4-12(5-3-8)11(14)9-6-10(13)7-9/h8-10,13H,2-7H2,1H3. The molecule has 1 N–H and O–H groups in total. The Hall–Kier alpha value is -0.570. The van der Waals surface area contributed by atoms with E-state index in [-0.39, 0.29) is 17.9 Å². The smallest absolute Gasteiger partial charge is 0.225 e. The summed E-state index contributed by atoms with van der Waals surface area (Å²) in [6.45, 7) is 4.09. The van der Waals surface area contributed by atoms with E-state index in [0.29, 0.717) is 12.8 Å². The van der Waals surface area contributed by atoms with E-state index >= 15 is 0 Å². The van der Waals surface area contributed by atoms with Gasteiger partial charge in [0.05, 0.1) is 6.10 Å². The summed E-state index contributed by atoms with van der Waals surface area (Å²) in [7, 11) is 0. The summed E-state index contributed by atoms with van der Waals surface area (Å²) < 4.78 is 0. The van der Waals surface area contributed by atoms with Gasteiger partial charge in [-0.25, -0.2) is 0 Å². The van der Waals surface area contributed by atoms with Crippen molar-refractivity contribution in [3.63, 3.8) is 0 Å². The number of hydrogen-bond donors (Lipinski definition) is 1. The SMILES string of the molecule is CC1CCN(C(=O)C2CC(O)C2)CC1. The first-order valence-corrected chi connectivity index (χ1v) is 5.63. The molecule has 0 aromatic carbocycles. The van der Waals surface area contributed by atoms with Crippen LogP contribution in [0.4, 0.5) is 0 Å². The summed E-state index contributed by atoms with van der Waals surface area (Å²) in [4.78, 5) is 13.8. The molecule has 0 atom stereocenters. The molecule has 3 nitrogen and oxygen atoms in total. The van der Waals surface area contributed by atoms with E-state index in [1.807, 2.05) is 4.90 Å². The van der Waals surface area contributed by atoms with Gasteiger partial charge in [0.15, 0.2) is 0 Å². The van der Waals surface area contributed by atoms with Gasteiger partial charge >= 0.3 is 0 Å². The molecule has 1 aliphatic heterocycles. The summed E-state index contributed by atoms with van der Waals surface area (Å²) >= 11 is 0. The number of aliphatic hydroxyl groups is 1. The number of likely N-dealkylation sites (tertiary alicyclic amines) is 1. The summed E-state index contributed by atoms with van der Waals surface area (Å²) in [6, 6.07) is 0. The summed E-state index contributed by atoms with van der Waals surface area (Å²) in [5.41, 5.74) is 0. The molecule has 1 saturated carbocycles. The fourth-order valence-electron chi connectivity index (χ4n) is 2.28. The van der Waals surface area contributed by atoms with E-state index in [2.05, 4.69) is 6.92 Å². The molecular weight excluding hydrogens is 178 g/mol. The topological polar surface area (TPSA) is 40.5 Å². The Kier molecular flexibility index (Phi) is 2.77. The first-order chi connectivity index (χ1) is 6.66. The predicted molar refractivity (Wildman–Crippen MR) is 53.7 cm³/mol. The molecule has 80 valence electrons. The zero-order chi connectivity index (χ0) is 10.1. The lowest BCUT2D eigenvalue weighted by Gasteiger charge is -2.37. The minimum absolute atomic E-state index is 0.124. The number of piperidine rings is 1. The molecule has 1 amide bonds. The van der Waals surface area contributed by atoms with Gasteiger partial charge in [-0.1, -0.05) is 6.92 Å². The quantitative estimate of drug-likeness (QED) is 0.681. The van der Waals surface area contributed by atoms with E-state index in [4.69, 9.17) is 5.11 Å². The predicted octanol–water partition coefficient (Wildman–Crippen LogP) is 1.02. The maximum atomic E-state index is 11.8. The number of carbonyl (C=O) groups excluding carboxylic acids is 1. The Morgan fingerprint density at radius 1 is 1.29 bits per heavy atom. The molecule has 0 spiro atoms. The number of amides is 1. The maximum absolute atomic E-state index is 11.8. The molecular formula is C11H19NO2. The lowest BCUT2D eigenvalue weighted by molar-refractivity contribution is -0.143. The van der Waals surface area contributed by atoms with E-state index in [1.165, 1.54) is 0 Å². The van der Waals surface area contributed by atoms with E-state index in [9.17, 15) is 4.79 Å². The maximum Gasteiger partial charge on any atom is 0.225 e. The zero-order valence-electron chi connectivity index (χ0n) is 8.78. The summed E-state index contributed by atoms with van der Waals surface area (Å²) in [6.07, 6.45) is 3.44. The molecule has 2 aliphatic rings. The first-order valence-electron chi connectivity index (χ1n) is 5.63. The third-order valence-corrected chi connectivity index (χ3v) is 3.56. The molecule has 0 radical (unpaired) electrons. The Labute approximate surface area is 85.1 Å². The van der Waals surface area contributed by atoms with E-state index in [1.54, 1.807) is 0 Å². The summed E-state index contributed by atoms with van der Waals surface area (Å²) in [5.74, 6) is 1.17. The van der Waals surface area contributed by atoms with Crippen molar-refractivity contribution in [2.24, 2.45) is 11.8 Å². The third kappa shape index (κ3) is 1.92. The number of aliphatic hydroxyl groups excluding tert-OH is 1. The van der Waals surface area contributed by atoms with Crippen molar-refractivity contribution >= 4 is 5.91 Å². The van der Waals surface area contributed by atoms with Gasteiger partial charge in [0.1, 0.15) is 0 Å². The molecule has 0 aromatic heterocycles. The number of rotatable bonds is 1. The Bertz CT molecular complexity index is 215. The molecule has 2 fully saturated rings. The highest BCUT2D eigenvalue weighted by Crippen LogP contribution is 2.30. The van der Waals surface area contributed by atoms with Gasteiger partial charge in [0.2, 0.25) is 5.91 Å². The van der Waals surface area contributed by atoms with Gasteiger partial charge in [-0.05, 0) is 31.6 Å². The molecule has 14 heavy (non-hydrogen) atoms. The third-order valence-electron chi connectivity index (χ3n) is 3.56. The molecule has 3 heteroatoms. The second kappa shape index (κ2) is 3.89. The summed E-state index contributed by atoms with van der Waals surface area (Å²) in [5, 5.41) is 9.14. The largest absolute Gasteiger partial charge is 0.393 e. The fourth-order valence-corrected chi connectivity index (χ4v) is 2.28. The van der Waals surface area contributed by atoms with Crippen LogP contribution in [0, 0.1) is 11.8 Å². The second-order valence-corrected chi connectivity index (χ2v) is 4.83. The van der Waals surface area contributed by atoms with Crippen LogP contribution in [0.1, 0.15) is 32.6 Å². The molecule has 1 heterocycles. The van der Waals surface area contributed by atoms with Crippen LogP contribution in [-0.2, 0) is 4.79 Å². The Morgan fingerprint density at radius 2 is 1.86 bits per heavy atom.